The summed E-state index contributed by atoms with van der Waals surface area (Å²) in [5.41, 5.74) is 3.97. The summed E-state index contributed by atoms with van der Waals surface area (Å²) in [5.74, 6) is 0.152. The third-order valence-electron chi connectivity index (χ3n) is 5.82. The first-order chi connectivity index (χ1) is 17.3. The van der Waals surface area contributed by atoms with Gasteiger partial charge in [0.2, 0.25) is 0 Å². The van der Waals surface area contributed by atoms with Crippen molar-refractivity contribution in [2.75, 3.05) is 45.6 Å². The predicted octanol–water partition coefficient (Wildman–Crippen LogP) is 7.15. The van der Waals surface area contributed by atoms with Crippen LogP contribution in [-0.2, 0) is 0 Å². The lowest BCUT2D eigenvalue weighted by atomic mass is 9.93. The topological polar surface area (TPSA) is 56.4 Å². The Balaban J connectivity index is 1.62. The van der Waals surface area contributed by atoms with Crippen molar-refractivity contribution in [3.63, 3.8) is 0 Å². The van der Waals surface area contributed by atoms with Crippen LogP contribution in [-0.4, -0.2) is 51.2 Å². The number of amides is 2. The second kappa shape index (κ2) is 14.5. The summed E-state index contributed by atoms with van der Waals surface area (Å²) >= 11 is 18.1. The average molecular weight is 548 g/mol. The molecule has 0 heterocycles. The monoisotopic (exact) mass is 546 g/mol. The summed E-state index contributed by atoms with van der Waals surface area (Å²) < 4.78 is 0. The van der Waals surface area contributed by atoms with E-state index in [9.17, 15) is 4.79 Å². The highest BCUT2D eigenvalue weighted by molar-refractivity contribution is 6.35. The van der Waals surface area contributed by atoms with Crippen molar-refractivity contribution in [1.29, 1.82) is 0 Å². The van der Waals surface area contributed by atoms with Crippen LogP contribution >= 0.6 is 34.8 Å². The van der Waals surface area contributed by atoms with Gasteiger partial charge in [-0.25, -0.2) is 4.79 Å². The van der Waals surface area contributed by atoms with E-state index in [0.29, 0.717) is 22.3 Å². The van der Waals surface area contributed by atoms with Crippen LogP contribution in [0.3, 0.4) is 0 Å². The zero-order valence-electron chi connectivity index (χ0n) is 20.7. The van der Waals surface area contributed by atoms with Crippen LogP contribution < -0.4 is 16.0 Å². The Morgan fingerprint density at radius 1 is 0.833 bits per heavy atom. The number of nitrogens with one attached hydrogen (secondary N) is 3. The minimum absolute atomic E-state index is 0.152. The van der Waals surface area contributed by atoms with Crippen LogP contribution in [0.25, 0.3) is 11.1 Å². The van der Waals surface area contributed by atoms with Crippen LogP contribution in [0, 0.1) is 0 Å². The normalized spacial score (nSPS) is 11.9. The molecular weight excluding hydrogens is 515 g/mol. The van der Waals surface area contributed by atoms with E-state index in [0.717, 1.165) is 48.6 Å². The van der Waals surface area contributed by atoms with Gasteiger partial charge < -0.3 is 20.9 Å². The number of anilines is 1. The molecule has 192 valence electrons. The van der Waals surface area contributed by atoms with Crippen molar-refractivity contribution in [3.05, 3.63) is 87.4 Å². The van der Waals surface area contributed by atoms with Gasteiger partial charge >= 0.3 is 6.03 Å². The van der Waals surface area contributed by atoms with Gasteiger partial charge in [-0.05, 0) is 93.6 Å². The SMILES string of the molecule is CN(C)CCCNCCC(CNC(=O)Nc1cc(Cl)cc(Cl)c1)c1ccc(-c2ccc(Cl)cc2)cc1. The Bertz CT molecular complexity index is 1080. The molecule has 0 saturated carbocycles. The molecule has 0 aliphatic carbocycles. The maximum atomic E-state index is 12.6. The Morgan fingerprint density at radius 3 is 2.06 bits per heavy atom. The van der Waals surface area contributed by atoms with E-state index >= 15 is 0 Å². The first-order valence-electron chi connectivity index (χ1n) is 12.0. The third kappa shape index (κ3) is 9.64. The van der Waals surface area contributed by atoms with Crippen molar-refractivity contribution in [2.45, 2.75) is 18.8 Å². The number of carbonyl (C=O) groups is 1. The summed E-state index contributed by atoms with van der Waals surface area (Å²) in [6.45, 7) is 3.38. The van der Waals surface area contributed by atoms with Crippen LogP contribution in [0.5, 0.6) is 0 Å². The maximum Gasteiger partial charge on any atom is 0.319 e. The number of urea groups is 1. The molecule has 5 nitrogen and oxygen atoms in total. The number of rotatable bonds is 12. The van der Waals surface area contributed by atoms with Crippen molar-refractivity contribution in [1.82, 2.24) is 15.5 Å². The highest BCUT2D eigenvalue weighted by Crippen LogP contribution is 2.26. The highest BCUT2D eigenvalue weighted by atomic mass is 35.5. The quantitative estimate of drug-likeness (QED) is 0.211. The first-order valence-corrected chi connectivity index (χ1v) is 13.2. The van der Waals surface area contributed by atoms with Gasteiger partial charge in [0.15, 0.2) is 0 Å². The first kappa shape index (κ1) is 28.3. The fourth-order valence-corrected chi connectivity index (χ4v) is 4.57. The summed E-state index contributed by atoms with van der Waals surface area (Å²) in [4.78, 5) is 14.8. The van der Waals surface area contributed by atoms with Gasteiger partial charge in [-0.3, -0.25) is 0 Å². The largest absolute Gasteiger partial charge is 0.337 e. The van der Waals surface area contributed by atoms with E-state index in [2.05, 4.69) is 59.2 Å². The predicted molar refractivity (Wildman–Crippen MR) is 154 cm³/mol. The lowest BCUT2D eigenvalue weighted by molar-refractivity contribution is 0.251. The van der Waals surface area contributed by atoms with E-state index < -0.39 is 0 Å². The molecule has 1 atom stereocenters. The minimum Gasteiger partial charge on any atom is -0.337 e. The molecule has 3 rings (SSSR count). The molecule has 0 fully saturated rings. The van der Waals surface area contributed by atoms with E-state index in [4.69, 9.17) is 34.8 Å². The summed E-state index contributed by atoms with van der Waals surface area (Å²) in [6.07, 6.45) is 1.99. The van der Waals surface area contributed by atoms with E-state index in [1.807, 2.05) is 24.3 Å². The molecular formula is C28H33Cl3N4O. The van der Waals surface area contributed by atoms with Crippen molar-refractivity contribution in [2.24, 2.45) is 0 Å². The standard InChI is InChI=1S/C28H33Cl3N4O/c1-35(2)15-3-13-32-14-12-23(19-33-28(36)34-27-17-25(30)16-26(31)18-27)22-6-4-20(5-7-22)21-8-10-24(29)11-9-21/h4-11,16-18,23,32H,3,12-15,19H2,1-2H3,(H2,33,34,36). The molecule has 0 spiro atoms. The summed E-state index contributed by atoms with van der Waals surface area (Å²) in [7, 11) is 4.16. The van der Waals surface area contributed by atoms with E-state index in [1.54, 1.807) is 18.2 Å². The number of nitrogens with zero attached hydrogens (tertiary/aromatic N) is 1. The van der Waals surface area contributed by atoms with E-state index in [1.165, 1.54) is 5.56 Å². The van der Waals surface area contributed by atoms with Crippen molar-refractivity contribution >= 4 is 46.5 Å². The molecule has 0 bridgehead atoms. The fourth-order valence-electron chi connectivity index (χ4n) is 3.92. The molecule has 3 aromatic rings. The molecule has 3 N–H and O–H groups in total. The molecule has 8 heteroatoms. The fraction of sp³-hybridized carbons (Fsp3) is 0.321. The molecule has 36 heavy (non-hydrogen) atoms. The van der Waals surface area contributed by atoms with Gasteiger partial charge in [0.05, 0.1) is 0 Å². The average Bonchev–Trinajstić information content (AvgIpc) is 2.83. The molecule has 0 saturated heterocycles. The Labute approximate surface area is 229 Å². The second-order valence-electron chi connectivity index (χ2n) is 9.01. The van der Waals surface area contributed by atoms with Gasteiger partial charge in [-0.1, -0.05) is 71.2 Å². The number of benzene rings is 3. The zero-order valence-corrected chi connectivity index (χ0v) is 22.9. The lowest BCUT2D eigenvalue weighted by Crippen LogP contribution is -2.33. The van der Waals surface area contributed by atoms with Gasteiger partial charge in [0.25, 0.3) is 0 Å². The van der Waals surface area contributed by atoms with Crippen molar-refractivity contribution in [3.8, 4) is 11.1 Å². The molecule has 3 aromatic carbocycles. The zero-order chi connectivity index (χ0) is 25.9. The minimum atomic E-state index is -0.296. The smallest absolute Gasteiger partial charge is 0.319 e. The molecule has 0 aromatic heterocycles. The van der Waals surface area contributed by atoms with Crippen LogP contribution in [0.1, 0.15) is 24.3 Å². The van der Waals surface area contributed by atoms with Gasteiger partial charge in [-0.15, -0.1) is 0 Å². The maximum absolute atomic E-state index is 12.6. The molecule has 0 radical (unpaired) electrons. The van der Waals surface area contributed by atoms with Gasteiger partial charge in [-0.2, -0.15) is 0 Å². The summed E-state index contributed by atoms with van der Waals surface area (Å²) in [6, 6.07) is 21.0. The van der Waals surface area contributed by atoms with Crippen LogP contribution in [0.4, 0.5) is 10.5 Å². The number of hydrogen-bond acceptors (Lipinski definition) is 3. The second-order valence-corrected chi connectivity index (χ2v) is 10.3. The molecule has 0 aliphatic rings. The Morgan fingerprint density at radius 2 is 1.44 bits per heavy atom. The third-order valence-corrected chi connectivity index (χ3v) is 6.51. The van der Waals surface area contributed by atoms with Crippen LogP contribution in [0.15, 0.2) is 66.7 Å². The summed E-state index contributed by atoms with van der Waals surface area (Å²) in [5, 5.41) is 11.0. The van der Waals surface area contributed by atoms with E-state index in [-0.39, 0.29) is 11.9 Å². The Hall–Kier alpha value is -2.28. The number of halogens is 3. The Kier molecular flexibility index (Phi) is 11.4. The number of carbonyl (C=O) groups excluding carboxylic acids is 1. The van der Waals surface area contributed by atoms with Gasteiger partial charge in [0, 0.05) is 33.2 Å². The van der Waals surface area contributed by atoms with Gasteiger partial charge in [0.1, 0.15) is 0 Å². The van der Waals surface area contributed by atoms with Crippen molar-refractivity contribution < 1.29 is 4.79 Å². The highest BCUT2D eigenvalue weighted by Gasteiger charge is 2.14. The molecule has 0 aliphatic heterocycles. The number of hydrogen-bond donors (Lipinski definition) is 3. The molecule has 2 amide bonds. The van der Waals surface area contributed by atoms with Crippen LogP contribution in [0.2, 0.25) is 15.1 Å². The molecule has 1 unspecified atom stereocenters. The lowest BCUT2D eigenvalue weighted by Gasteiger charge is -2.20.